The Kier molecular flexibility index (Phi) is 3.94. The molecule has 1 aliphatic heterocycles. The number of nitrogens with zero attached hydrogens (tertiary/aromatic N) is 2. The number of hydrogen-bond acceptors (Lipinski definition) is 3. The van der Waals surface area contributed by atoms with Crippen molar-refractivity contribution in [2.75, 3.05) is 20.1 Å². The summed E-state index contributed by atoms with van der Waals surface area (Å²) in [6.07, 6.45) is 4.53. The number of aromatic nitrogens is 1. The Morgan fingerprint density at radius 2 is 2.14 bits per heavy atom. The van der Waals surface area contributed by atoms with E-state index in [1.165, 1.54) is 12.4 Å². The Morgan fingerprint density at radius 3 is 2.86 bits per heavy atom. The standard InChI is InChI=1S/C16H20N3O2/c1-18(21)16(20)11-12-2-3-13-6-9-19(15(13)10-12)14-4-7-17-8-5-14/h2-3,6,9-10,14,17H,4-5,7-8,11H2,1H3/q-1. The summed E-state index contributed by atoms with van der Waals surface area (Å²) < 4.78 is 2.31. The summed E-state index contributed by atoms with van der Waals surface area (Å²) >= 11 is 0. The highest BCUT2D eigenvalue weighted by atomic mass is 16.5. The van der Waals surface area contributed by atoms with E-state index in [9.17, 15) is 10.0 Å². The molecule has 1 aliphatic rings. The molecule has 0 aliphatic carbocycles. The van der Waals surface area contributed by atoms with E-state index < -0.39 is 5.91 Å². The SMILES string of the molecule is CN([O-])C(=O)Cc1ccc2ccn(C3CCNCC3)c2c1. The maximum Gasteiger partial charge on any atom is 0.216 e. The van der Waals surface area contributed by atoms with Crippen molar-refractivity contribution in [3.05, 3.63) is 41.2 Å². The maximum atomic E-state index is 11.6. The van der Waals surface area contributed by atoms with Gasteiger partial charge in [-0.15, -0.1) is 0 Å². The fourth-order valence-electron chi connectivity index (χ4n) is 2.99. The van der Waals surface area contributed by atoms with Crippen molar-refractivity contribution in [3.8, 4) is 0 Å². The normalized spacial score (nSPS) is 16.3. The molecule has 1 amide bonds. The van der Waals surface area contributed by atoms with Crippen LogP contribution in [0.4, 0.5) is 0 Å². The minimum Gasteiger partial charge on any atom is -0.756 e. The molecule has 0 atom stereocenters. The Balaban J connectivity index is 1.90. The Hall–Kier alpha value is -1.85. The largest absolute Gasteiger partial charge is 0.756 e. The van der Waals surface area contributed by atoms with Gasteiger partial charge in [0.15, 0.2) is 0 Å². The number of nitrogens with one attached hydrogen (secondary N) is 1. The lowest BCUT2D eigenvalue weighted by Crippen LogP contribution is -2.29. The third-order valence-corrected chi connectivity index (χ3v) is 4.20. The van der Waals surface area contributed by atoms with E-state index in [4.69, 9.17) is 0 Å². The lowest BCUT2D eigenvalue weighted by molar-refractivity contribution is -0.126. The molecule has 1 N–H and O–H groups in total. The molecule has 21 heavy (non-hydrogen) atoms. The predicted octanol–water partition coefficient (Wildman–Crippen LogP) is 2.06. The van der Waals surface area contributed by atoms with Gasteiger partial charge < -0.3 is 20.2 Å². The van der Waals surface area contributed by atoms with Crippen LogP contribution in [-0.4, -0.2) is 35.7 Å². The smallest absolute Gasteiger partial charge is 0.216 e. The second kappa shape index (κ2) is 5.87. The lowest BCUT2D eigenvalue weighted by atomic mass is 10.1. The van der Waals surface area contributed by atoms with Gasteiger partial charge in [0.25, 0.3) is 0 Å². The van der Waals surface area contributed by atoms with Crippen molar-refractivity contribution in [2.45, 2.75) is 25.3 Å². The summed E-state index contributed by atoms with van der Waals surface area (Å²) in [5, 5.41) is 16.0. The quantitative estimate of drug-likeness (QED) is 0.879. The minimum absolute atomic E-state index is 0.160. The van der Waals surface area contributed by atoms with Crippen LogP contribution in [0.5, 0.6) is 0 Å². The van der Waals surface area contributed by atoms with Crippen molar-refractivity contribution in [2.24, 2.45) is 0 Å². The number of hydrogen-bond donors (Lipinski definition) is 1. The zero-order valence-electron chi connectivity index (χ0n) is 12.2. The summed E-state index contributed by atoms with van der Waals surface area (Å²) in [6.45, 7) is 2.09. The molecular formula is C16H20N3O2-. The predicted molar refractivity (Wildman–Crippen MR) is 82.9 cm³/mol. The number of carbonyl (C=O) groups excluding carboxylic acids is 1. The Morgan fingerprint density at radius 1 is 1.38 bits per heavy atom. The molecule has 1 saturated heterocycles. The van der Waals surface area contributed by atoms with Gasteiger partial charge in [-0.1, -0.05) is 12.1 Å². The van der Waals surface area contributed by atoms with Crippen LogP contribution in [0.15, 0.2) is 30.5 Å². The zero-order chi connectivity index (χ0) is 14.8. The van der Waals surface area contributed by atoms with Gasteiger partial charge in [0.05, 0.1) is 6.42 Å². The van der Waals surface area contributed by atoms with Gasteiger partial charge >= 0.3 is 0 Å². The summed E-state index contributed by atoms with van der Waals surface area (Å²) in [6, 6.07) is 8.62. The molecule has 0 saturated carbocycles. The molecule has 2 heterocycles. The van der Waals surface area contributed by atoms with Crippen LogP contribution in [0.2, 0.25) is 0 Å². The zero-order valence-corrected chi connectivity index (χ0v) is 12.2. The third kappa shape index (κ3) is 2.94. The van der Waals surface area contributed by atoms with Gasteiger partial charge in [0.2, 0.25) is 5.91 Å². The van der Waals surface area contributed by atoms with Crippen LogP contribution in [0.3, 0.4) is 0 Å². The molecule has 1 aromatic heterocycles. The van der Waals surface area contributed by atoms with Crippen LogP contribution >= 0.6 is 0 Å². The van der Waals surface area contributed by atoms with Gasteiger partial charge in [-0.2, -0.15) is 0 Å². The molecular weight excluding hydrogens is 266 g/mol. The second-order valence-corrected chi connectivity index (χ2v) is 5.67. The van der Waals surface area contributed by atoms with Crippen LogP contribution in [0, 0.1) is 5.21 Å². The van der Waals surface area contributed by atoms with Gasteiger partial charge in [-0.25, -0.2) is 0 Å². The van der Waals surface area contributed by atoms with E-state index in [1.807, 2.05) is 18.2 Å². The van der Waals surface area contributed by atoms with Crippen LogP contribution in [0.1, 0.15) is 24.4 Å². The highest BCUT2D eigenvalue weighted by Gasteiger charge is 2.16. The minimum atomic E-state index is -0.408. The topological polar surface area (TPSA) is 60.3 Å². The molecule has 0 unspecified atom stereocenters. The lowest BCUT2D eigenvalue weighted by Gasteiger charge is -2.25. The van der Waals surface area contributed by atoms with E-state index in [0.29, 0.717) is 11.1 Å². The van der Waals surface area contributed by atoms with Gasteiger partial charge in [0, 0.05) is 17.8 Å². The molecule has 5 nitrogen and oxygen atoms in total. The van der Waals surface area contributed by atoms with E-state index >= 15 is 0 Å². The average molecular weight is 286 g/mol. The highest BCUT2D eigenvalue weighted by molar-refractivity contribution is 5.84. The van der Waals surface area contributed by atoms with Crippen LogP contribution in [-0.2, 0) is 11.2 Å². The third-order valence-electron chi connectivity index (χ3n) is 4.20. The first-order valence-corrected chi connectivity index (χ1v) is 7.39. The van der Waals surface area contributed by atoms with Crippen molar-refractivity contribution >= 4 is 16.8 Å². The first kappa shape index (κ1) is 14.1. The van der Waals surface area contributed by atoms with Crippen molar-refractivity contribution in [3.63, 3.8) is 0 Å². The monoisotopic (exact) mass is 286 g/mol. The van der Waals surface area contributed by atoms with E-state index in [-0.39, 0.29) is 6.42 Å². The van der Waals surface area contributed by atoms with Gasteiger partial charge in [0.1, 0.15) is 0 Å². The summed E-state index contributed by atoms with van der Waals surface area (Å²) in [4.78, 5) is 11.6. The number of likely N-dealkylation sites (N-methyl/N-ethyl adjacent to an activating group) is 1. The number of rotatable bonds is 3. The van der Waals surface area contributed by atoms with Crippen molar-refractivity contribution in [1.29, 1.82) is 0 Å². The number of benzene rings is 1. The summed E-state index contributed by atoms with van der Waals surface area (Å²) in [5.74, 6) is -0.408. The highest BCUT2D eigenvalue weighted by Crippen LogP contribution is 2.26. The molecule has 112 valence electrons. The second-order valence-electron chi connectivity index (χ2n) is 5.67. The molecule has 0 radical (unpaired) electrons. The molecule has 1 aromatic carbocycles. The number of carbonyl (C=O) groups is 1. The fraction of sp³-hybridized carbons (Fsp3) is 0.438. The first-order chi connectivity index (χ1) is 10.1. The molecule has 0 spiro atoms. The van der Waals surface area contributed by atoms with Crippen molar-refractivity contribution < 1.29 is 4.79 Å². The van der Waals surface area contributed by atoms with Gasteiger partial charge in [-0.05, 0) is 56.1 Å². The van der Waals surface area contributed by atoms with E-state index in [2.05, 4.69) is 22.1 Å². The Bertz CT molecular complexity index is 642. The summed E-state index contributed by atoms with van der Waals surface area (Å²) in [7, 11) is 1.25. The van der Waals surface area contributed by atoms with Gasteiger partial charge in [-0.3, -0.25) is 4.79 Å². The molecule has 1 fully saturated rings. The van der Waals surface area contributed by atoms with Crippen molar-refractivity contribution in [1.82, 2.24) is 14.9 Å². The number of amides is 1. The maximum absolute atomic E-state index is 11.6. The first-order valence-electron chi connectivity index (χ1n) is 7.39. The van der Waals surface area contributed by atoms with Crippen LogP contribution in [0.25, 0.3) is 10.9 Å². The summed E-state index contributed by atoms with van der Waals surface area (Å²) in [5.41, 5.74) is 2.05. The molecule has 2 aromatic rings. The number of hydroxylamine groups is 2. The number of piperidine rings is 1. The molecule has 3 rings (SSSR count). The van der Waals surface area contributed by atoms with E-state index in [0.717, 1.165) is 37.0 Å². The fourth-order valence-corrected chi connectivity index (χ4v) is 2.99. The number of fused-ring (bicyclic) bond motifs is 1. The molecule has 5 heteroatoms. The molecule has 0 bridgehead atoms. The average Bonchev–Trinajstić information content (AvgIpc) is 2.91. The Labute approximate surface area is 124 Å². The van der Waals surface area contributed by atoms with E-state index in [1.54, 1.807) is 0 Å². The van der Waals surface area contributed by atoms with Crippen LogP contribution < -0.4 is 5.32 Å².